The molecule has 5 aliphatic rings. The fourth-order valence-electron chi connectivity index (χ4n) is 6.58. The van der Waals surface area contributed by atoms with Crippen molar-refractivity contribution in [3.05, 3.63) is 24.3 Å². The molecule has 1 aromatic carbocycles. The minimum atomic E-state index is -0.0656. The van der Waals surface area contributed by atoms with Gasteiger partial charge in [-0.1, -0.05) is 6.07 Å². The summed E-state index contributed by atoms with van der Waals surface area (Å²) in [6, 6.07) is 7.72. The molecule has 0 radical (unpaired) electrons. The number of likely N-dealkylation sites (N-methyl/N-ethyl adjacent to an activating group) is 1. The number of hydrogen-bond acceptors (Lipinski definition) is 4. The number of benzene rings is 1. The van der Waals surface area contributed by atoms with E-state index in [0.29, 0.717) is 6.61 Å². The van der Waals surface area contributed by atoms with Gasteiger partial charge in [-0.05, 0) is 75.5 Å². The molecule has 6 rings (SSSR count). The van der Waals surface area contributed by atoms with Gasteiger partial charge in [-0.2, -0.15) is 0 Å². The maximum Gasteiger partial charge on any atom is 0.319 e. The van der Waals surface area contributed by atoms with Gasteiger partial charge in [-0.3, -0.25) is 0 Å². The number of hydrogen-bond donors (Lipinski definition) is 2. The molecule has 0 aromatic heterocycles. The quantitative estimate of drug-likeness (QED) is 0.674. The van der Waals surface area contributed by atoms with Crippen molar-refractivity contribution in [3.8, 4) is 5.75 Å². The molecule has 1 aliphatic heterocycles. The molecule has 4 aliphatic carbocycles. The van der Waals surface area contributed by atoms with Crippen LogP contribution in [-0.2, 0) is 0 Å². The summed E-state index contributed by atoms with van der Waals surface area (Å²) >= 11 is 0. The number of piperazine rings is 1. The number of nitrogens with one attached hydrogen (secondary N) is 2. The Hall–Kier alpha value is -1.79. The Balaban J connectivity index is 1.06. The summed E-state index contributed by atoms with van der Waals surface area (Å²) in [4.78, 5) is 17.6. The molecule has 4 bridgehead atoms. The Kier molecular flexibility index (Phi) is 5.63. The molecule has 4 saturated carbocycles. The van der Waals surface area contributed by atoms with Crippen LogP contribution in [0, 0.1) is 17.8 Å². The van der Waals surface area contributed by atoms with Crippen molar-refractivity contribution in [3.63, 3.8) is 0 Å². The molecule has 1 saturated heterocycles. The molecule has 1 heterocycles. The molecule has 164 valence electrons. The number of rotatable bonds is 7. The van der Waals surface area contributed by atoms with E-state index >= 15 is 0 Å². The first-order valence-corrected chi connectivity index (χ1v) is 11.8. The van der Waals surface area contributed by atoms with Crippen LogP contribution < -0.4 is 15.4 Å². The van der Waals surface area contributed by atoms with E-state index in [1.54, 1.807) is 0 Å². The Morgan fingerprint density at radius 1 is 1.13 bits per heavy atom. The van der Waals surface area contributed by atoms with Crippen LogP contribution >= 0.6 is 0 Å². The molecule has 6 nitrogen and oxygen atoms in total. The summed E-state index contributed by atoms with van der Waals surface area (Å²) in [5.74, 6) is 3.37. The zero-order valence-electron chi connectivity index (χ0n) is 18.2. The summed E-state index contributed by atoms with van der Waals surface area (Å²) in [6.45, 7) is 6.39. The van der Waals surface area contributed by atoms with E-state index in [2.05, 4.69) is 27.5 Å². The van der Waals surface area contributed by atoms with E-state index < -0.39 is 0 Å². The van der Waals surface area contributed by atoms with E-state index in [4.69, 9.17) is 4.74 Å². The second-order valence-corrected chi connectivity index (χ2v) is 10.2. The van der Waals surface area contributed by atoms with Crippen molar-refractivity contribution in [2.24, 2.45) is 17.8 Å². The minimum Gasteiger partial charge on any atom is -0.493 e. The Morgan fingerprint density at radius 3 is 2.63 bits per heavy atom. The van der Waals surface area contributed by atoms with Gasteiger partial charge in [0, 0.05) is 50.0 Å². The molecule has 2 N–H and O–H groups in total. The lowest BCUT2D eigenvalue weighted by atomic mass is 9.76. The second-order valence-electron chi connectivity index (χ2n) is 10.2. The molecule has 5 fully saturated rings. The molecule has 2 unspecified atom stereocenters. The minimum absolute atomic E-state index is 0.0535. The standard InChI is InChI=1S/C24H36N4O2/c1-27-7-9-28(10-8-27)6-3-11-30-22-5-2-4-21(14-22)25-23(29)26-24-15-18-12-19(16-24)20(13-18)17-24/h2,4-5,14,18-20H,3,6-13,15-17H2,1H3,(H2,25,26,29). The number of carbonyl (C=O) groups is 1. The van der Waals surface area contributed by atoms with Gasteiger partial charge in [0.2, 0.25) is 0 Å². The predicted octanol–water partition coefficient (Wildman–Crippen LogP) is 3.40. The number of anilines is 1. The van der Waals surface area contributed by atoms with Gasteiger partial charge in [0.05, 0.1) is 6.61 Å². The third kappa shape index (κ3) is 4.45. The summed E-state index contributed by atoms with van der Waals surface area (Å²) in [7, 11) is 2.18. The van der Waals surface area contributed by atoms with Crippen LogP contribution in [0.1, 0.15) is 38.5 Å². The summed E-state index contributed by atoms with van der Waals surface area (Å²) in [6.07, 6.45) is 7.33. The molecular formula is C24H36N4O2. The van der Waals surface area contributed by atoms with Crippen molar-refractivity contribution >= 4 is 11.7 Å². The third-order valence-electron chi connectivity index (χ3n) is 7.88. The number of amides is 2. The number of nitrogens with zero attached hydrogens (tertiary/aromatic N) is 2. The Morgan fingerprint density at radius 2 is 1.90 bits per heavy atom. The zero-order valence-corrected chi connectivity index (χ0v) is 18.2. The van der Waals surface area contributed by atoms with Crippen LogP contribution in [0.15, 0.2) is 24.3 Å². The zero-order chi connectivity index (χ0) is 20.6. The van der Waals surface area contributed by atoms with Crippen molar-refractivity contribution in [2.45, 2.75) is 44.1 Å². The average Bonchev–Trinajstić information content (AvgIpc) is 3.12. The summed E-state index contributed by atoms with van der Waals surface area (Å²) < 4.78 is 5.95. The highest BCUT2D eigenvalue weighted by atomic mass is 16.5. The smallest absolute Gasteiger partial charge is 0.319 e. The van der Waals surface area contributed by atoms with Gasteiger partial charge in [0.25, 0.3) is 0 Å². The van der Waals surface area contributed by atoms with E-state index in [-0.39, 0.29) is 11.6 Å². The van der Waals surface area contributed by atoms with Crippen LogP contribution in [-0.4, -0.2) is 67.7 Å². The highest BCUT2D eigenvalue weighted by Crippen LogP contribution is 2.59. The van der Waals surface area contributed by atoms with Crippen LogP contribution in [0.4, 0.5) is 10.5 Å². The van der Waals surface area contributed by atoms with E-state index in [1.807, 2.05) is 24.3 Å². The van der Waals surface area contributed by atoms with Gasteiger partial charge in [-0.15, -0.1) is 0 Å². The fourth-order valence-corrected chi connectivity index (χ4v) is 6.58. The van der Waals surface area contributed by atoms with Crippen molar-refractivity contribution < 1.29 is 9.53 Å². The van der Waals surface area contributed by atoms with Gasteiger partial charge in [0.1, 0.15) is 5.75 Å². The number of ether oxygens (including phenoxy) is 1. The van der Waals surface area contributed by atoms with Gasteiger partial charge in [-0.25, -0.2) is 4.79 Å². The number of carbonyl (C=O) groups excluding carboxylic acids is 1. The largest absolute Gasteiger partial charge is 0.493 e. The number of urea groups is 1. The van der Waals surface area contributed by atoms with Gasteiger partial charge < -0.3 is 25.2 Å². The highest BCUT2D eigenvalue weighted by Gasteiger charge is 2.56. The van der Waals surface area contributed by atoms with Crippen molar-refractivity contribution in [2.75, 3.05) is 51.7 Å². The normalized spacial score (nSPS) is 33.0. The van der Waals surface area contributed by atoms with E-state index in [0.717, 1.165) is 68.3 Å². The predicted molar refractivity (Wildman–Crippen MR) is 119 cm³/mol. The molecule has 30 heavy (non-hydrogen) atoms. The van der Waals surface area contributed by atoms with Gasteiger partial charge >= 0.3 is 6.03 Å². The molecule has 2 atom stereocenters. The van der Waals surface area contributed by atoms with Crippen LogP contribution in [0.5, 0.6) is 5.75 Å². The van der Waals surface area contributed by atoms with Crippen LogP contribution in [0.25, 0.3) is 0 Å². The lowest BCUT2D eigenvalue weighted by Crippen LogP contribution is -2.51. The lowest BCUT2D eigenvalue weighted by molar-refractivity contribution is 0.145. The maximum atomic E-state index is 12.7. The first-order chi connectivity index (χ1) is 14.6. The van der Waals surface area contributed by atoms with Crippen LogP contribution in [0.2, 0.25) is 0 Å². The molecular weight excluding hydrogens is 376 g/mol. The first kappa shape index (κ1) is 20.1. The van der Waals surface area contributed by atoms with E-state index in [9.17, 15) is 4.79 Å². The molecule has 2 amide bonds. The Labute approximate surface area is 180 Å². The van der Waals surface area contributed by atoms with Crippen LogP contribution in [0.3, 0.4) is 0 Å². The van der Waals surface area contributed by atoms with E-state index in [1.165, 1.54) is 32.1 Å². The van der Waals surface area contributed by atoms with Gasteiger partial charge in [0.15, 0.2) is 0 Å². The second kappa shape index (κ2) is 8.39. The fraction of sp³-hybridized carbons (Fsp3) is 0.708. The highest BCUT2D eigenvalue weighted by molar-refractivity contribution is 5.90. The summed E-state index contributed by atoms with van der Waals surface area (Å²) in [5, 5.41) is 6.38. The monoisotopic (exact) mass is 412 g/mol. The molecule has 6 heteroatoms. The van der Waals surface area contributed by atoms with Crippen molar-refractivity contribution in [1.29, 1.82) is 0 Å². The molecule has 0 spiro atoms. The SMILES string of the molecule is CN1CCN(CCCOc2cccc(NC(=O)NC34CC5CC(C3)C(C5)C4)c2)CC1. The summed E-state index contributed by atoms with van der Waals surface area (Å²) in [5.41, 5.74) is 0.855. The third-order valence-corrected chi connectivity index (χ3v) is 7.88. The maximum absolute atomic E-state index is 12.7. The lowest BCUT2D eigenvalue weighted by Gasteiger charge is -2.39. The molecule has 1 aromatic rings. The topological polar surface area (TPSA) is 56.8 Å². The van der Waals surface area contributed by atoms with Crippen molar-refractivity contribution in [1.82, 2.24) is 15.1 Å². The first-order valence-electron chi connectivity index (χ1n) is 11.8. The Bertz CT molecular complexity index is 742. The average molecular weight is 413 g/mol.